The number of carbonyl (C=O) groups is 2. The second kappa shape index (κ2) is 7.39. The Morgan fingerprint density at radius 2 is 2.08 bits per heavy atom. The molecule has 1 fully saturated rings. The summed E-state index contributed by atoms with van der Waals surface area (Å²) in [6.45, 7) is 4.36. The molecule has 8 nitrogen and oxygen atoms in total. The number of hydrazone groups is 1. The van der Waals surface area contributed by atoms with E-state index in [2.05, 4.69) is 37.7 Å². The van der Waals surface area contributed by atoms with Gasteiger partial charge in [-0.3, -0.25) is 9.59 Å². The van der Waals surface area contributed by atoms with Gasteiger partial charge in [-0.1, -0.05) is 0 Å². The fourth-order valence-electron chi connectivity index (χ4n) is 2.70. The quantitative estimate of drug-likeness (QED) is 0.792. The van der Waals surface area contributed by atoms with Crippen molar-refractivity contribution in [3.63, 3.8) is 0 Å². The molecule has 0 saturated carbocycles. The predicted molar refractivity (Wildman–Crippen MR) is 90.6 cm³/mol. The van der Waals surface area contributed by atoms with Crippen LogP contribution in [0.4, 0.5) is 5.82 Å². The van der Waals surface area contributed by atoms with Crippen molar-refractivity contribution in [2.24, 2.45) is 5.10 Å². The van der Waals surface area contributed by atoms with E-state index in [1.807, 2.05) is 12.1 Å². The number of nitrogens with one attached hydrogen (secondary N) is 2. The molecule has 3 rings (SSSR count). The van der Waals surface area contributed by atoms with Gasteiger partial charge in [-0.15, -0.1) is 0 Å². The first-order valence-electron chi connectivity index (χ1n) is 8.14. The van der Waals surface area contributed by atoms with Crippen LogP contribution in [0, 0.1) is 0 Å². The number of anilines is 1. The highest BCUT2D eigenvalue weighted by molar-refractivity contribution is 6.39. The van der Waals surface area contributed by atoms with Crippen molar-refractivity contribution in [3.8, 4) is 0 Å². The topological polar surface area (TPSA) is 89.9 Å². The van der Waals surface area contributed by atoms with Crippen LogP contribution in [0.3, 0.4) is 0 Å². The molecule has 1 aromatic heterocycles. The minimum absolute atomic E-state index is 0.155. The Hall–Kier alpha value is -2.48. The number of likely N-dealkylation sites (N-methyl/N-ethyl adjacent to an activating group) is 1. The van der Waals surface area contributed by atoms with Crippen LogP contribution in [0.1, 0.15) is 18.4 Å². The van der Waals surface area contributed by atoms with Crippen LogP contribution in [-0.4, -0.2) is 60.6 Å². The lowest BCUT2D eigenvalue weighted by Crippen LogP contribution is -2.44. The van der Waals surface area contributed by atoms with Gasteiger partial charge in [0, 0.05) is 51.8 Å². The smallest absolute Gasteiger partial charge is 0.267 e. The molecule has 0 aromatic carbocycles. The maximum absolute atomic E-state index is 12.1. The Kier molecular flexibility index (Phi) is 5.05. The third-order valence-electron chi connectivity index (χ3n) is 4.26. The number of nitrogens with zero attached hydrogens (tertiary/aromatic N) is 4. The van der Waals surface area contributed by atoms with Crippen molar-refractivity contribution in [1.82, 2.24) is 20.6 Å². The van der Waals surface area contributed by atoms with E-state index in [-0.39, 0.29) is 11.8 Å². The van der Waals surface area contributed by atoms with E-state index in [9.17, 15) is 9.59 Å². The number of aromatic nitrogens is 1. The van der Waals surface area contributed by atoms with Crippen LogP contribution in [0.2, 0.25) is 0 Å². The maximum Gasteiger partial charge on any atom is 0.267 e. The van der Waals surface area contributed by atoms with Gasteiger partial charge in [0.2, 0.25) is 5.91 Å². The van der Waals surface area contributed by atoms with Crippen LogP contribution in [0.15, 0.2) is 23.4 Å². The number of hydrogen-bond acceptors (Lipinski definition) is 6. The van der Waals surface area contributed by atoms with Crippen molar-refractivity contribution in [2.45, 2.75) is 19.4 Å². The van der Waals surface area contributed by atoms with Gasteiger partial charge in [-0.2, -0.15) is 5.10 Å². The molecule has 1 aromatic rings. The Bertz CT molecular complexity index is 652. The van der Waals surface area contributed by atoms with E-state index in [0.29, 0.717) is 25.1 Å². The summed E-state index contributed by atoms with van der Waals surface area (Å²) in [5, 5.41) is 6.65. The number of amides is 2. The number of rotatable bonds is 4. The molecular formula is C16H22N6O2. The predicted octanol–water partition coefficient (Wildman–Crippen LogP) is -0.284. The fraction of sp³-hybridized carbons (Fsp3) is 0.500. The maximum atomic E-state index is 12.1. The van der Waals surface area contributed by atoms with Gasteiger partial charge in [0.1, 0.15) is 11.5 Å². The number of pyridine rings is 1. The van der Waals surface area contributed by atoms with E-state index >= 15 is 0 Å². The standard InChI is InChI=1S/C16H22N6O2/c1-21-6-8-22(9-7-21)14-10-12(4-5-17-14)11-18-16(24)13-2-3-15(23)20-19-13/h4-5,10H,2-3,6-9,11H2,1H3,(H,18,24)(H,20,23). The monoisotopic (exact) mass is 330 g/mol. The van der Waals surface area contributed by atoms with Crippen molar-refractivity contribution in [2.75, 3.05) is 38.1 Å². The van der Waals surface area contributed by atoms with E-state index in [1.165, 1.54) is 0 Å². The molecule has 3 heterocycles. The molecule has 24 heavy (non-hydrogen) atoms. The molecule has 2 amide bonds. The van der Waals surface area contributed by atoms with E-state index in [4.69, 9.17) is 0 Å². The average molecular weight is 330 g/mol. The zero-order valence-electron chi connectivity index (χ0n) is 13.8. The van der Waals surface area contributed by atoms with Crippen molar-refractivity contribution in [1.29, 1.82) is 0 Å². The summed E-state index contributed by atoms with van der Waals surface area (Å²) < 4.78 is 0. The molecule has 0 atom stereocenters. The zero-order valence-corrected chi connectivity index (χ0v) is 13.8. The first-order chi connectivity index (χ1) is 11.6. The average Bonchev–Trinajstić information content (AvgIpc) is 2.61. The molecular weight excluding hydrogens is 308 g/mol. The van der Waals surface area contributed by atoms with Crippen LogP contribution < -0.4 is 15.6 Å². The van der Waals surface area contributed by atoms with Gasteiger partial charge in [0.05, 0.1) is 0 Å². The highest BCUT2D eigenvalue weighted by atomic mass is 16.2. The molecule has 128 valence electrons. The number of piperazine rings is 1. The largest absolute Gasteiger partial charge is 0.354 e. The van der Waals surface area contributed by atoms with Gasteiger partial charge in [0.25, 0.3) is 5.91 Å². The molecule has 8 heteroatoms. The lowest BCUT2D eigenvalue weighted by Gasteiger charge is -2.33. The van der Waals surface area contributed by atoms with Gasteiger partial charge < -0.3 is 15.1 Å². The highest BCUT2D eigenvalue weighted by Crippen LogP contribution is 2.14. The summed E-state index contributed by atoms with van der Waals surface area (Å²) in [7, 11) is 2.12. The van der Waals surface area contributed by atoms with Gasteiger partial charge >= 0.3 is 0 Å². The molecule has 2 aliphatic rings. The van der Waals surface area contributed by atoms with Crippen molar-refractivity contribution in [3.05, 3.63) is 23.9 Å². The molecule has 1 saturated heterocycles. The third-order valence-corrected chi connectivity index (χ3v) is 4.26. The van der Waals surface area contributed by atoms with Crippen LogP contribution in [0.5, 0.6) is 0 Å². The minimum Gasteiger partial charge on any atom is -0.354 e. The Morgan fingerprint density at radius 3 is 2.79 bits per heavy atom. The third kappa shape index (κ3) is 4.08. The highest BCUT2D eigenvalue weighted by Gasteiger charge is 2.18. The SMILES string of the molecule is CN1CCN(c2cc(CNC(=O)C3=NNC(=O)CC3)ccn2)CC1. The van der Waals surface area contributed by atoms with Crippen molar-refractivity contribution >= 4 is 23.3 Å². The summed E-state index contributed by atoms with van der Waals surface area (Å²) in [4.78, 5) is 32.1. The minimum atomic E-state index is -0.243. The number of carbonyl (C=O) groups excluding carboxylic acids is 2. The Morgan fingerprint density at radius 1 is 1.29 bits per heavy atom. The fourth-order valence-corrected chi connectivity index (χ4v) is 2.70. The summed E-state index contributed by atoms with van der Waals surface area (Å²) >= 11 is 0. The molecule has 0 unspecified atom stereocenters. The molecule has 2 aliphatic heterocycles. The summed E-state index contributed by atoms with van der Waals surface area (Å²) in [5.41, 5.74) is 3.69. The molecule has 0 radical (unpaired) electrons. The lowest BCUT2D eigenvalue weighted by atomic mass is 10.1. The van der Waals surface area contributed by atoms with E-state index in [0.717, 1.165) is 37.6 Å². The van der Waals surface area contributed by atoms with Crippen LogP contribution >= 0.6 is 0 Å². The summed E-state index contributed by atoms with van der Waals surface area (Å²) in [5.74, 6) is 0.544. The van der Waals surface area contributed by atoms with Crippen molar-refractivity contribution < 1.29 is 9.59 Å². The molecule has 0 aliphatic carbocycles. The van der Waals surface area contributed by atoms with E-state index in [1.54, 1.807) is 6.20 Å². The van der Waals surface area contributed by atoms with Crippen LogP contribution in [-0.2, 0) is 16.1 Å². The second-order valence-electron chi connectivity index (χ2n) is 6.09. The van der Waals surface area contributed by atoms with E-state index < -0.39 is 0 Å². The molecule has 0 bridgehead atoms. The Labute approximate surface area is 140 Å². The molecule has 2 N–H and O–H groups in total. The van der Waals surface area contributed by atoms with Gasteiger partial charge in [0.15, 0.2) is 0 Å². The van der Waals surface area contributed by atoms with Gasteiger partial charge in [-0.25, -0.2) is 10.4 Å². The molecule has 0 spiro atoms. The zero-order chi connectivity index (χ0) is 16.9. The second-order valence-corrected chi connectivity index (χ2v) is 6.09. The Balaban J connectivity index is 1.57. The normalized spacial score (nSPS) is 18.8. The van der Waals surface area contributed by atoms with Gasteiger partial charge in [-0.05, 0) is 24.7 Å². The first kappa shape index (κ1) is 16.4. The number of hydrogen-bond donors (Lipinski definition) is 2. The summed E-state index contributed by atoms with van der Waals surface area (Å²) in [6.07, 6.45) is 2.45. The summed E-state index contributed by atoms with van der Waals surface area (Å²) in [6, 6.07) is 3.90. The van der Waals surface area contributed by atoms with Crippen LogP contribution in [0.25, 0.3) is 0 Å². The lowest BCUT2D eigenvalue weighted by molar-refractivity contribution is -0.121. The first-order valence-corrected chi connectivity index (χ1v) is 8.14.